The second kappa shape index (κ2) is 7.48. The maximum absolute atomic E-state index is 13.3. The number of nitrogens with zero attached hydrogens (tertiary/aromatic N) is 2. The van der Waals surface area contributed by atoms with Gasteiger partial charge in [-0.1, -0.05) is 37.3 Å². The van der Waals surface area contributed by atoms with E-state index in [1.165, 1.54) is 16.9 Å². The van der Waals surface area contributed by atoms with Crippen LogP contribution in [-0.2, 0) is 13.0 Å². The number of aryl methyl sites for hydroxylation is 1. The lowest BCUT2D eigenvalue weighted by atomic mass is 9.88. The van der Waals surface area contributed by atoms with Gasteiger partial charge in [-0.05, 0) is 60.6 Å². The summed E-state index contributed by atoms with van der Waals surface area (Å²) < 4.78 is 7.65. The van der Waals surface area contributed by atoms with Crippen LogP contribution >= 0.6 is 11.3 Å². The van der Waals surface area contributed by atoms with Gasteiger partial charge < -0.3 is 4.74 Å². The minimum atomic E-state index is 0.0654. The zero-order valence-corrected chi connectivity index (χ0v) is 17.1. The summed E-state index contributed by atoms with van der Waals surface area (Å²) in [5.74, 6) is 1.99. The molecule has 0 aliphatic heterocycles. The van der Waals surface area contributed by atoms with Crippen LogP contribution < -0.4 is 10.3 Å². The maximum atomic E-state index is 13.3. The molecule has 0 N–H and O–H groups in total. The summed E-state index contributed by atoms with van der Waals surface area (Å²) in [7, 11) is 0. The van der Waals surface area contributed by atoms with E-state index in [0.29, 0.717) is 12.5 Å². The predicted octanol–water partition coefficient (Wildman–Crippen LogP) is 5.74. The zero-order valence-electron chi connectivity index (χ0n) is 16.3. The number of hydrogen-bond acceptors (Lipinski definition) is 4. The van der Waals surface area contributed by atoms with Crippen LogP contribution in [0.1, 0.15) is 41.7 Å². The van der Waals surface area contributed by atoms with Crippen molar-refractivity contribution in [3.05, 3.63) is 87.3 Å². The van der Waals surface area contributed by atoms with E-state index >= 15 is 0 Å². The second-order valence-corrected chi connectivity index (χ2v) is 8.74. The fourth-order valence-corrected chi connectivity index (χ4v) is 5.45. The predicted molar refractivity (Wildman–Crippen MR) is 117 cm³/mol. The van der Waals surface area contributed by atoms with Crippen LogP contribution in [0.2, 0.25) is 0 Å². The zero-order chi connectivity index (χ0) is 19.8. The minimum Gasteiger partial charge on any atom is -0.457 e. The quantitative estimate of drug-likeness (QED) is 0.437. The molecule has 4 nitrogen and oxygen atoms in total. The van der Waals surface area contributed by atoms with E-state index in [2.05, 4.69) is 11.9 Å². The molecular formula is C24H22N2O2S. The fourth-order valence-electron chi connectivity index (χ4n) is 4.15. The minimum absolute atomic E-state index is 0.0654. The van der Waals surface area contributed by atoms with Crippen molar-refractivity contribution in [2.45, 2.75) is 38.6 Å². The molecule has 2 aromatic heterocycles. The van der Waals surface area contributed by atoms with Gasteiger partial charge in [-0.3, -0.25) is 9.36 Å². The third-order valence-electron chi connectivity index (χ3n) is 5.56. The summed E-state index contributed by atoms with van der Waals surface area (Å²) >= 11 is 1.69. The van der Waals surface area contributed by atoms with Crippen molar-refractivity contribution in [3.8, 4) is 11.5 Å². The fraction of sp³-hybridized carbons (Fsp3) is 0.250. The van der Waals surface area contributed by atoms with Gasteiger partial charge in [0.05, 0.1) is 18.3 Å². The Balaban J connectivity index is 1.48. The van der Waals surface area contributed by atoms with Crippen LogP contribution in [-0.4, -0.2) is 9.55 Å². The van der Waals surface area contributed by atoms with E-state index in [9.17, 15) is 4.79 Å². The van der Waals surface area contributed by atoms with Crippen LogP contribution in [0.4, 0.5) is 0 Å². The Kier molecular flexibility index (Phi) is 4.68. The smallest absolute Gasteiger partial charge is 0.262 e. The molecule has 1 unspecified atom stereocenters. The highest BCUT2D eigenvalue weighted by Crippen LogP contribution is 2.39. The molecule has 0 bridgehead atoms. The molecule has 29 heavy (non-hydrogen) atoms. The van der Waals surface area contributed by atoms with Gasteiger partial charge >= 0.3 is 0 Å². The Bertz CT molecular complexity index is 1230. The first-order chi connectivity index (χ1) is 14.2. The van der Waals surface area contributed by atoms with E-state index in [0.717, 1.165) is 40.1 Å². The van der Waals surface area contributed by atoms with Crippen molar-refractivity contribution in [1.29, 1.82) is 0 Å². The van der Waals surface area contributed by atoms with Crippen LogP contribution in [0.3, 0.4) is 0 Å². The van der Waals surface area contributed by atoms with Crippen molar-refractivity contribution in [3.63, 3.8) is 0 Å². The van der Waals surface area contributed by atoms with E-state index in [-0.39, 0.29) is 5.56 Å². The first-order valence-corrected chi connectivity index (χ1v) is 10.8. The lowest BCUT2D eigenvalue weighted by Crippen LogP contribution is -2.22. The highest BCUT2D eigenvalue weighted by molar-refractivity contribution is 7.18. The SMILES string of the molecule is CC1CCCc2sc3ncn(Cc4cccc(Oc5ccccc5)c4)c(=O)c3c21. The van der Waals surface area contributed by atoms with Crippen molar-refractivity contribution >= 4 is 21.6 Å². The Morgan fingerprint density at radius 1 is 1.14 bits per heavy atom. The van der Waals surface area contributed by atoms with Crippen molar-refractivity contribution in [1.82, 2.24) is 9.55 Å². The first kappa shape index (κ1) is 18.1. The molecule has 0 amide bonds. The number of ether oxygens (including phenoxy) is 1. The number of hydrogen-bond donors (Lipinski definition) is 0. The van der Waals surface area contributed by atoms with Gasteiger partial charge in [-0.2, -0.15) is 0 Å². The molecule has 5 heteroatoms. The summed E-state index contributed by atoms with van der Waals surface area (Å²) in [6, 6.07) is 17.6. The third kappa shape index (κ3) is 3.47. The Morgan fingerprint density at radius 2 is 1.97 bits per heavy atom. The molecule has 1 atom stereocenters. The summed E-state index contributed by atoms with van der Waals surface area (Å²) in [4.78, 5) is 20.1. The van der Waals surface area contributed by atoms with Crippen LogP contribution in [0.15, 0.2) is 65.7 Å². The van der Waals surface area contributed by atoms with Crippen molar-refractivity contribution in [2.75, 3.05) is 0 Å². The van der Waals surface area contributed by atoms with Crippen molar-refractivity contribution in [2.24, 2.45) is 0 Å². The van der Waals surface area contributed by atoms with Gasteiger partial charge in [0, 0.05) is 4.88 Å². The molecular weight excluding hydrogens is 380 g/mol. The lowest BCUT2D eigenvalue weighted by Gasteiger charge is -2.18. The normalized spacial score (nSPS) is 16.0. The molecule has 1 aliphatic carbocycles. The first-order valence-electron chi connectivity index (χ1n) is 10.0. The Hall–Kier alpha value is -2.92. The van der Waals surface area contributed by atoms with Crippen LogP contribution in [0, 0.1) is 0 Å². The van der Waals surface area contributed by atoms with E-state index < -0.39 is 0 Å². The average molecular weight is 403 g/mol. The number of thiophene rings is 1. The molecule has 146 valence electrons. The number of fused-ring (bicyclic) bond motifs is 3. The van der Waals surface area contributed by atoms with Gasteiger partial charge in [0.15, 0.2) is 0 Å². The average Bonchev–Trinajstić information content (AvgIpc) is 3.12. The number of aromatic nitrogens is 2. The van der Waals surface area contributed by atoms with Gasteiger partial charge in [0.2, 0.25) is 0 Å². The lowest BCUT2D eigenvalue weighted by molar-refractivity contribution is 0.481. The van der Waals surface area contributed by atoms with E-state index in [1.807, 2.05) is 54.6 Å². The molecule has 0 saturated carbocycles. The van der Waals surface area contributed by atoms with E-state index in [1.54, 1.807) is 22.2 Å². The number of para-hydroxylation sites is 1. The molecule has 0 fully saturated rings. The summed E-state index contributed by atoms with van der Waals surface area (Å²) in [5, 5.41) is 0.830. The van der Waals surface area contributed by atoms with Gasteiger partial charge in [0.25, 0.3) is 5.56 Å². The van der Waals surface area contributed by atoms with Gasteiger partial charge in [-0.15, -0.1) is 11.3 Å². The van der Waals surface area contributed by atoms with Crippen LogP contribution in [0.25, 0.3) is 10.2 Å². The molecule has 2 heterocycles. The topological polar surface area (TPSA) is 44.1 Å². The van der Waals surface area contributed by atoms with Gasteiger partial charge in [-0.25, -0.2) is 4.98 Å². The second-order valence-electron chi connectivity index (χ2n) is 7.65. The highest BCUT2D eigenvalue weighted by Gasteiger charge is 2.24. The molecule has 2 aromatic carbocycles. The van der Waals surface area contributed by atoms with Crippen LogP contribution in [0.5, 0.6) is 11.5 Å². The standard InChI is InChI=1S/C24H22N2O2S/c1-16-7-5-12-20-21(16)22-23(29-20)25-15-26(24(22)27)14-17-8-6-11-19(13-17)28-18-9-3-2-4-10-18/h2-4,6,8-11,13,15-16H,5,7,12,14H2,1H3. The molecule has 0 spiro atoms. The van der Waals surface area contributed by atoms with Gasteiger partial charge in [0.1, 0.15) is 16.3 Å². The highest BCUT2D eigenvalue weighted by atomic mass is 32.1. The molecule has 0 saturated heterocycles. The molecule has 5 rings (SSSR count). The van der Waals surface area contributed by atoms with Crippen molar-refractivity contribution < 1.29 is 4.74 Å². The molecule has 0 radical (unpaired) electrons. The summed E-state index contributed by atoms with van der Waals surface area (Å²) in [6.45, 7) is 2.71. The summed E-state index contributed by atoms with van der Waals surface area (Å²) in [6.07, 6.45) is 5.09. The third-order valence-corrected chi connectivity index (χ3v) is 6.73. The summed E-state index contributed by atoms with van der Waals surface area (Å²) in [5.41, 5.74) is 2.32. The molecule has 1 aliphatic rings. The Labute approximate surface area is 173 Å². The largest absolute Gasteiger partial charge is 0.457 e. The molecule has 4 aromatic rings. The monoisotopic (exact) mass is 402 g/mol. The van der Waals surface area contributed by atoms with E-state index in [4.69, 9.17) is 4.74 Å². The number of benzene rings is 2. The maximum Gasteiger partial charge on any atom is 0.262 e. The number of rotatable bonds is 4. The Morgan fingerprint density at radius 3 is 2.83 bits per heavy atom.